The van der Waals surface area contributed by atoms with E-state index in [0.29, 0.717) is 0 Å². The Morgan fingerprint density at radius 3 is 2.25 bits per heavy atom. The molecule has 9 rings (SSSR count). The third kappa shape index (κ3) is 2.93. The summed E-state index contributed by atoms with van der Waals surface area (Å²) in [5.74, 6) is 0. The molecule has 0 unspecified atom stereocenters. The normalized spacial score (nSPS) is 12.1. The molecule has 2 nitrogen and oxygen atoms in total. The molecule has 0 spiro atoms. The van der Waals surface area contributed by atoms with Crippen molar-refractivity contribution in [1.82, 2.24) is 4.57 Å². The molecule has 0 aliphatic heterocycles. The highest BCUT2D eigenvalue weighted by Gasteiger charge is 2.21. The molecule has 3 aromatic heterocycles. The second-order valence-electron chi connectivity index (χ2n) is 10.6. The van der Waals surface area contributed by atoms with Crippen LogP contribution >= 0.6 is 11.3 Å². The lowest BCUT2D eigenvalue weighted by Crippen LogP contribution is -2.00. The highest BCUT2D eigenvalue weighted by molar-refractivity contribution is 7.26. The Morgan fingerprint density at radius 2 is 1.32 bits per heavy atom. The van der Waals surface area contributed by atoms with Crippen LogP contribution in [0.15, 0.2) is 126 Å². The summed E-state index contributed by atoms with van der Waals surface area (Å²) in [5.41, 5.74) is 9.23. The lowest BCUT2D eigenvalue weighted by molar-refractivity contribution is 0.669. The Kier molecular flexibility index (Phi) is 4.44. The fourth-order valence-electron chi connectivity index (χ4n) is 6.55. The molecule has 6 aromatic carbocycles. The molecule has 0 bridgehead atoms. The second kappa shape index (κ2) is 8.08. The number of nitrogens with zero attached hydrogens (tertiary/aromatic N) is 1. The van der Waals surface area contributed by atoms with Crippen LogP contribution < -0.4 is 0 Å². The van der Waals surface area contributed by atoms with Gasteiger partial charge in [-0.15, -0.1) is 11.3 Å². The van der Waals surface area contributed by atoms with Crippen molar-refractivity contribution in [3.05, 3.63) is 127 Å². The minimum Gasteiger partial charge on any atom is -0.456 e. The van der Waals surface area contributed by atoms with E-state index in [-0.39, 0.29) is 0 Å². The quantitative estimate of drug-likeness (QED) is 0.218. The molecule has 0 aliphatic carbocycles. The van der Waals surface area contributed by atoms with Gasteiger partial charge in [-0.1, -0.05) is 91.0 Å². The average molecular weight is 530 g/mol. The molecular formula is C37H23NOS. The van der Waals surface area contributed by atoms with Gasteiger partial charge >= 0.3 is 0 Å². The maximum atomic E-state index is 6.16. The van der Waals surface area contributed by atoms with E-state index in [2.05, 4.69) is 121 Å². The molecule has 40 heavy (non-hydrogen) atoms. The number of hydrogen-bond donors (Lipinski definition) is 0. The van der Waals surface area contributed by atoms with Gasteiger partial charge in [-0.05, 0) is 48.4 Å². The predicted molar refractivity (Wildman–Crippen MR) is 171 cm³/mol. The number of fused-ring (bicyclic) bond motifs is 10. The van der Waals surface area contributed by atoms with E-state index < -0.39 is 0 Å². The van der Waals surface area contributed by atoms with Crippen molar-refractivity contribution in [3.8, 4) is 16.8 Å². The summed E-state index contributed by atoms with van der Waals surface area (Å²) in [6.45, 7) is 2.23. The highest BCUT2D eigenvalue weighted by Crippen LogP contribution is 2.45. The standard InChI is InChI=1S/C37H23NOS/c1-22-9-8-13-24(23-17-20-33-30(21-23)26-11-3-6-15-32(26)39-33)35(22)38-31-14-5-2-10-25(31)28-18-19-29-27-12-4-7-16-34(27)40-37(29)36(28)38/h2-21H,1H3. The number of hydrogen-bond acceptors (Lipinski definition) is 2. The fraction of sp³-hybridized carbons (Fsp3) is 0.0270. The van der Waals surface area contributed by atoms with Crippen LogP contribution in [0, 0.1) is 6.92 Å². The Morgan fingerprint density at radius 1 is 0.575 bits per heavy atom. The van der Waals surface area contributed by atoms with Crippen molar-refractivity contribution < 1.29 is 4.42 Å². The van der Waals surface area contributed by atoms with Gasteiger partial charge in [0.15, 0.2) is 0 Å². The van der Waals surface area contributed by atoms with E-state index in [0.717, 1.165) is 21.9 Å². The first kappa shape index (κ1) is 22.0. The Labute approximate surface area is 234 Å². The van der Waals surface area contributed by atoms with Crippen LogP contribution in [0.4, 0.5) is 0 Å². The molecule has 0 aliphatic rings. The summed E-state index contributed by atoms with van der Waals surface area (Å²) in [6, 6.07) is 43.8. The third-order valence-electron chi connectivity index (χ3n) is 8.33. The van der Waals surface area contributed by atoms with Gasteiger partial charge in [0.05, 0.1) is 21.4 Å². The van der Waals surface area contributed by atoms with E-state index in [1.165, 1.54) is 64.4 Å². The van der Waals surface area contributed by atoms with Crippen LogP contribution in [-0.2, 0) is 0 Å². The Hall–Kier alpha value is -4.86. The number of rotatable bonds is 2. The monoisotopic (exact) mass is 529 g/mol. The maximum Gasteiger partial charge on any atom is 0.135 e. The third-order valence-corrected chi connectivity index (χ3v) is 9.52. The molecule has 0 amide bonds. The van der Waals surface area contributed by atoms with Crippen LogP contribution in [0.3, 0.4) is 0 Å². The van der Waals surface area contributed by atoms with Gasteiger partial charge in [0.1, 0.15) is 11.2 Å². The average Bonchev–Trinajstić information content (AvgIpc) is 3.66. The molecule has 3 heteroatoms. The molecule has 0 saturated carbocycles. The van der Waals surface area contributed by atoms with Gasteiger partial charge in [0.2, 0.25) is 0 Å². The molecule has 3 heterocycles. The summed E-state index contributed by atoms with van der Waals surface area (Å²) in [7, 11) is 0. The van der Waals surface area contributed by atoms with Crippen molar-refractivity contribution >= 4 is 75.3 Å². The summed E-state index contributed by atoms with van der Waals surface area (Å²) < 4.78 is 11.3. The highest BCUT2D eigenvalue weighted by atomic mass is 32.1. The van der Waals surface area contributed by atoms with Crippen molar-refractivity contribution in [2.75, 3.05) is 0 Å². The van der Waals surface area contributed by atoms with E-state index in [1.54, 1.807) is 0 Å². The van der Waals surface area contributed by atoms with E-state index >= 15 is 0 Å². The zero-order valence-corrected chi connectivity index (χ0v) is 22.6. The summed E-state index contributed by atoms with van der Waals surface area (Å²) in [4.78, 5) is 0. The largest absolute Gasteiger partial charge is 0.456 e. The number of aromatic nitrogens is 1. The zero-order valence-electron chi connectivity index (χ0n) is 21.8. The number of para-hydroxylation sites is 3. The molecule has 9 aromatic rings. The van der Waals surface area contributed by atoms with Crippen LogP contribution in [0.5, 0.6) is 0 Å². The van der Waals surface area contributed by atoms with Crippen LogP contribution in [0.1, 0.15) is 5.56 Å². The van der Waals surface area contributed by atoms with Crippen LogP contribution in [-0.4, -0.2) is 4.57 Å². The van der Waals surface area contributed by atoms with Crippen molar-refractivity contribution in [3.63, 3.8) is 0 Å². The van der Waals surface area contributed by atoms with Gasteiger partial charge in [0.25, 0.3) is 0 Å². The van der Waals surface area contributed by atoms with Crippen LogP contribution in [0.25, 0.3) is 80.7 Å². The van der Waals surface area contributed by atoms with Gasteiger partial charge < -0.3 is 8.98 Å². The molecule has 0 saturated heterocycles. The number of aryl methyl sites for hydroxylation is 1. The topological polar surface area (TPSA) is 18.1 Å². The molecular weight excluding hydrogens is 506 g/mol. The Balaban J connectivity index is 1.43. The summed E-state index contributed by atoms with van der Waals surface area (Å²) in [6.07, 6.45) is 0. The van der Waals surface area contributed by atoms with Crippen molar-refractivity contribution in [2.24, 2.45) is 0 Å². The van der Waals surface area contributed by atoms with Gasteiger partial charge in [-0.3, -0.25) is 0 Å². The summed E-state index contributed by atoms with van der Waals surface area (Å²) in [5, 5.41) is 7.51. The first-order valence-corrected chi connectivity index (χ1v) is 14.4. The fourth-order valence-corrected chi connectivity index (χ4v) is 7.79. The van der Waals surface area contributed by atoms with Crippen molar-refractivity contribution in [1.29, 1.82) is 0 Å². The van der Waals surface area contributed by atoms with Gasteiger partial charge in [-0.2, -0.15) is 0 Å². The first-order chi connectivity index (χ1) is 19.8. The number of furan rings is 1. The summed E-state index contributed by atoms with van der Waals surface area (Å²) >= 11 is 1.89. The smallest absolute Gasteiger partial charge is 0.135 e. The molecule has 0 fully saturated rings. The van der Waals surface area contributed by atoms with Crippen LogP contribution in [0.2, 0.25) is 0 Å². The second-order valence-corrected chi connectivity index (χ2v) is 11.6. The first-order valence-electron chi connectivity index (χ1n) is 13.6. The molecule has 0 N–H and O–H groups in total. The minimum absolute atomic E-state index is 0.919. The molecule has 0 atom stereocenters. The van der Waals surface area contributed by atoms with Crippen molar-refractivity contribution in [2.45, 2.75) is 6.92 Å². The Bertz CT molecular complexity index is 2450. The van der Waals surface area contributed by atoms with E-state index in [9.17, 15) is 0 Å². The number of thiophene rings is 1. The lowest BCUT2D eigenvalue weighted by atomic mass is 9.98. The zero-order chi connectivity index (χ0) is 26.4. The maximum absolute atomic E-state index is 6.16. The minimum atomic E-state index is 0.919. The molecule has 188 valence electrons. The predicted octanol–water partition coefficient (Wildman–Crippen LogP) is 11.0. The SMILES string of the molecule is Cc1cccc(-c2ccc3oc4ccccc4c3c2)c1-n1c2ccccc2c2ccc3c4ccccc4sc3c21. The number of benzene rings is 6. The van der Waals surface area contributed by atoms with E-state index in [4.69, 9.17) is 4.42 Å². The van der Waals surface area contributed by atoms with Gasteiger partial charge in [0, 0.05) is 42.6 Å². The lowest BCUT2D eigenvalue weighted by Gasteiger charge is -2.17. The van der Waals surface area contributed by atoms with E-state index in [1.807, 2.05) is 23.5 Å². The van der Waals surface area contributed by atoms with Gasteiger partial charge in [-0.25, -0.2) is 0 Å². The molecule has 0 radical (unpaired) electrons.